The lowest BCUT2D eigenvalue weighted by molar-refractivity contribution is -0.143. The van der Waals surface area contributed by atoms with Crippen molar-refractivity contribution in [3.8, 4) is 11.4 Å². The number of hydrogen-bond acceptors (Lipinski definition) is 4. The van der Waals surface area contributed by atoms with E-state index in [-0.39, 0.29) is 17.3 Å². The van der Waals surface area contributed by atoms with Crippen LogP contribution in [0.4, 0.5) is 29.3 Å². The Balaban J connectivity index is 1.83. The van der Waals surface area contributed by atoms with E-state index in [9.17, 15) is 22.8 Å². The smallest absolute Gasteiger partial charge is 0.406 e. The average Bonchev–Trinajstić information content (AvgIpc) is 3.05. The molecule has 0 aliphatic rings. The van der Waals surface area contributed by atoms with Gasteiger partial charge in [-0.2, -0.15) is 18.3 Å². The Bertz CT molecular complexity index is 1080. The van der Waals surface area contributed by atoms with E-state index in [1.165, 1.54) is 43.3 Å². The van der Waals surface area contributed by atoms with Crippen LogP contribution < -0.4 is 15.4 Å². The van der Waals surface area contributed by atoms with E-state index in [0.717, 1.165) is 6.20 Å². The summed E-state index contributed by atoms with van der Waals surface area (Å²) in [4.78, 5) is 23.3. The van der Waals surface area contributed by atoms with Crippen molar-refractivity contribution in [2.75, 3.05) is 10.6 Å². The molecule has 0 aliphatic heterocycles. The van der Waals surface area contributed by atoms with Gasteiger partial charge in [0.15, 0.2) is 11.4 Å². The van der Waals surface area contributed by atoms with Gasteiger partial charge in [0, 0.05) is 23.3 Å². The molecule has 0 aliphatic carbocycles. The Morgan fingerprint density at radius 2 is 1.70 bits per heavy atom. The van der Waals surface area contributed by atoms with Gasteiger partial charge in [-0.1, -0.05) is 17.7 Å². The van der Waals surface area contributed by atoms with Crippen molar-refractivity contribution < 1.29 is 27.5 Å². The van der Waals surface area contributed by atoms with Crippen molar-refractivity contribution in [2.24, 2.45) is 0 Å². The highest BCUT2D eigenvalue weighted by atomic mass is 35.5. The highest BCUT2D eigenvalue weighted by molar-refractivity contribution is 6.30. The molecular weight excluding hydrogens is 425 g/mol. The van der Waals surface area contributed by atoms with E-state index in [0.29, 0.717) is 15.4 Å². The molecule has 0 spiro atoms. The van der Waals surface area contributed by atoms with E-state index in [1.54, 1.807) is 12.1 Å². The van der Waals surface area contributed by atoms with Gasteiger partial charge in [-0.25, -0.2) is 9.48 Å². The Labute approximate surface area is 173 Å². The standard InChI is InChI=1S/C19H14ClF3N4O3/c1-11(28)25-13-3-2-4-14(9-13)26-18(29)30-16-10-24-27(17(16)19(21,22)23)15-7-5-12(20)6-8-15/h2-10H,1H3,(H,25,28)(H,26,29). The number of rotatable bonds is 4. The van der Waals surface area contributed by atoms with Crippen molar-refractivity contribution in [3.63, 3.8) is 0 Å². The minimum Gasteiger partial charge on any atom is -0.406 e. The molecule has 0 bridgehead atoms. The van der Waals surface area contributed by atoms with E-state index in [1.807, 2.05) is 0 Å². The fraction of sp³-hybridized carbons (Fsp3) is 0.105. The lowest BCUT2D eigenvalue weighted by atomic mass is 10.3. The Hall–Kier alpha value is -3.53. The number of nitrogens with one attached hydrogen (secondary N) is 2. The van der Waals surface area contributed by atoms with Crippen LogP contribution in [0.3, 0.4) is 0 Å². The zero-order valence-corrected chi connectivity index (χ0v) is 16.1. The third-order valence-corrected chi connectivity index (χ3v) is 3.96. The van der Waals surface area contributed by atoms with Crippen LogP contribution in [0.1, 0.15) is 12.6 Å². The largest absolute Gasteiger partial charge is 0.437 e. The lowest BCUT2D eigenvalue weighted by Gasteiger charge is -2.13. The third-order valence-electron chi connectivity index (χ3n) is 3.71. The normalized spacial score (nSPS) is 11.1. The van der Waals surface area contributed by atoms with Crippen LogP contribution in [0.15, 0.2) is 54.7 Å². The van der Waals surface area contributed by atoms with Crippen molar-refractivity contribution in [3.05, 3.63) is 65.4 Å². The van der Waals surface area contributed by atoms with Crippen LogP contribution in [0.5, 0.6) is 5.75 Å². The molecule has 2 aromatic carbocycles. The topological polar surface area (TPSA) is 85.2 Å². The van der Waals surface area contributed by atoms with Crippen LogP contribution in [0.25, 0.3) is 5.69 Å². The van der Waals surface area contributed by atoms with Crippen molar-refractivity contribution in [1.29, 1.82) is 0 Å². The summed E-state index contributed by atoms with van der Waals surface area (Å²) in [6.45, 7) is 1.31. The van der Waals surface area contributed by atoms with Gasteiger partial charge in [0.05, 0.1) is 11.9 Å². The maximum atomic E-state index is 13.6. The SMILES string of the molecule is CC(=O)Nc1cccc(NC(=O)Oc2cnn(-c3ccc(Cl)cc3)c2C(F)(F)F)c1. The Kier molecular flexibility index (Phi) is 5.97. The first-order valence-electron chi connectivity index (χ1n) is 8.41. The van der Waals surface area contributed by atoms with Crippen LogP contribution >= 0.6 is 11.6 Å². The fourth-order valence-electron chi connectivity index (χ4n) is 2.57. The summed E-state index contributed by atoms with van der Waals surface area (Å²) >= 11 is 5.77. The molecule has 30 heavy (non-hydrogen) atoms. The number of hydrogen-bond donors (Lipinski definition) is 2. The van der Waals surface area contributed by atoms with Gasteiger partial charge in [0.1, 0.15) is 0 Å². The quantitative estimate of drug-likeness (QED) is 0.592. The van der Waals surface area contributed by atoms with Crippen LogP contribution in [0.2, 0.25) is 5.02 Å². The monoisotopic (exact) mass is 438 g/mol. The second-order valence-corrected chi connectivity index (χ2v) is 6.46. The maximum absolute atomic E-state index is 13.6. The molecule has 1 heterocycles. The highest BCUT2D eigenvalue weighted by Crippen LogP contribution is 2.37. The van der Waals surface area contributed by atoms with Crippen molar-refractivity contribution in [1.82, 2.24) is 9.78 Å². The molecule has 0 atom stereocenters. The van der Waals surface area contributed by atoms with Gasteiger partial charge >= 0.3 is 12.3 Å². The number of halogens is 4. The van der Waals surface area contributed by atoms with Gasteiger partial charge in [0.25, 0.3) is 0 Å². The van der Waals surface area contributed by atoms with Crippen molar-refractivity contribution >= 4 is 35.0 Å². The highest BCUT2D eigenvalue weighted by Gasteiger charge is 2.40. The molecule has 1 aromatic heterocycles. The number of aromatic nitrogens is 2. The molecule has 3 aromatic rings. The fourth-order valence-corrected chi connectivity index (χ4v) is 2.69. The summed E-state index contributed by atoms with van der Waals surface area (Å²) in [7, 11) is 0. The summed E-state index contributed by atoms with van der Waals surface area (Å²) in [5.41, 5.74) is -0.561. The first-order chi connectivity index (χ1) is 14.1. The predicted molar refractivity (Wildman–Crippen MR) is 104 cm³/mol. The number of ether oxygens (including phenoxy) is 1. The van der Waals surface area contributed by atoms with Gasteiger partial charge < -0.3 is 10.1 Å². The molecule has 0 fully saturated rings. The molecule has 156 valence electrons. The molecule has 0 radical (unpaired) electrons. The number of benzene rings is 2. The maximum Gasteiger partial charge on any atom is 0.437 e. The Morgan fingerprint density at radius 1 is 1.07 bits per heavy atom. The van der Waals surface area contributed by atoms with Gasteiger partial charge in [0.2, 0.25) is 5.91 Å². The van der Waals surface area contributed by atoms with Crippen LogP contribution in [0, 0.1) is 0 Å². The molecular formula is C19H14ClF3N4O3. The number of anilines is 2. The molecule has 0 saturated carbocycles. The van der Waals surface area contributed by atoms with E-state index >= 15 is 0 Å². The first-order valence-corrected chi connectivity index (χ1v) is 8.79. The number of carbonyl (C=O) groups is 2. The van der Waals surface area contributed by atoms with Crippen molar-refractivity contribution in [2.45, 2.75) is 13.1 Å². The molecule has 0 unspecified atom stereocenters. The molecule has 11 heteroatoms. The second-order valence-electron chi connectivity index (χ2n) is 6.02. The Morgan fingerprint density at radius 3 is 2.30 bits per heavy atom. The molecule has 3 rings (SSSR count). The van der Waals surface area contributed by atoms with E-state index < -0.39 is 23.7 Å². The van der Waals surface area contributed by atoms with Gasteiger partial charge in [-0.05, 0) is 42.5 Å². The predicted octanol–water partition coefficient (Wildman–Crippen LogP) is 5.11. The van der Waals surface area contributed by atoms with Crippen LogP contribution in [-0.4, -0.2) is 21.8 Å². The number of amides is 2. The summed E-state index contributed by atoms with van der Waals surface area (Å²) in [5.74, 6) is -1.09. The van der Waals surface area contributed by atoms with Crippen LogP contribution in [-0.2, 0) is 11.0 Å². The first kappa shape index (κ1) is 21.2. The lowest BCUT2D eigenvalue weighted by Crippen LogP contribution is -2.20. The summed E-state index contributed by atoms with van der Waals surface area (Å²) in [6, 6.07) is 11.5. The zero-order chi connectivity index (χ0) is 21.9. The average molecular weight is 439 g/mol. The summed E-state index contributed by atoms with van der Waals surface area (Å²) < 4.78 is 46.3. The number of carbonyl (C=O) groups excluding carboxylic acids is 2. The second kappa shape index (κ2) is 8.46. The van der Waals surface area contributed by atoms with Gasteiger partial charge in [-0.15, -0.1) is 0 Å². The molecule has 2 N–H and O–H groups in total. The van der Waals surface area contributed by atoms with E-state index in [4.69, 9.17) is 16.3 Å². The molecule has 0 saturated heterocycles. The molecule has 7 nitrogen and oxygen atoms in total. The molecule has 2 amide bonds. The van der Waals surface area contributed by atoms with E-state index in [2.05, 4.69) is 15.7 Å². The summed E-state index contributed by atoms with van der Waals surface area (Å²) in [6.07, 6.45) is -5.21. The number of nitrogens with zero attached hydrogens (tertiary/aromatic N) is 2. The summed E-state index contributed by atoms with van der Waals surface area (Å²) in [5, 5.41) is 8.86. The minimum absolute atomic E-state index is 0.0880. The van der Waals surface area contributed by atoms with Gasteiger partial charge in [-0.3, -0.25) is 10.1 Å². The third kappa shape index (κ3) is 5.09. The number of alkyl halides is 3. The minimum atomic E-state index is -4.85. The zero-order valence-electron chi connectivity index (χ0n) is 15.3.